The summed E-state index contributed by atoms with van der Waals surface area (Å²) in [6.45, 7) is 1.76. The molecule has 1 amide bonds. The summed E-state index contributed by atoms with van der Waals surface area (Å²) in [5, 5.41) is 2.65. The highest BCUT2D eigenvalue weighted by atomic mass is 19.4. The van der Waals surface area contributed by atoms with Crippen LogP contribution in [0.15, 0.2) is 40.6 Å². The number of alkyl halides is 3. The molecule has 39 heavy (non-hydrogen) atoms. The monoisotopic (exact) mass is 544 g/mol. The van der Waals surface area contributed by atoms with Gasteiger partial charge < -0.3 is 14.8 Å². The summed E-state index contributed by atoms with van der Waals surface area (Å²) in [5.41, 5.74) is -0.551. The minimum absolute atomic E-state index is 0.0144. The summed E-state index contributed by atoms with van der Waals surface area (Å²) in [7, 11) is 2.81. The largest absolute Gasteiger partial charge is 0.408 e. The van der Waals surface area contributed by atoms with Gasteiger partial charge in [-0.3, -0.25) is 18.7 Å². The number of nitrogens with zero attached hydrogens (tertiary/aromatic N) is 9. The Kier molecular flexibility index (Phi) is 6.40. The molecule has 4 aromatic rings. The van der Waals surface area contributed by atoms with E-state index in [-0.39, 0.29) is 41.7 Å². The maximum Gasteiger partial charge on any atom is 0.408 e. The lowest BCUT2D eigenvalue weighted by Gasteiger charge is -2.26. The van der Waals surface area contributed by atoms with Crippen molar-refractivity contribution in [2.24, 2.45) is 14.1 Å². The van der Waals surface area contributed by atoms with Gasteiger partial charge in [-0.05, 0) is 25.8 Å². The third-order valence-electron chi connectivity index (χ3n) is 6.66. The van der Waals surface area contributed by atoms with Crippen LogP contribution in [0.3, 0.4) is 0 Å². The van der Waals surface area contributed by atoms with E-state index in [0.29, 0.717) is 12.0 Å². The molecule has 1 saturated heterocycles. The molecule has 13 nitrogen and oxygen atoms in total. The fraction of sp³-hybridized carbons (Fsp3) is 0.391. The van der Waals surface area contributed by atoms with Gasteiger partial charge >= 0.3 is 11.9 Å². The Morgan fingerprint density at radius 3 is 2.51 bits per heavy atom. The van der Waals surface area contributed by atoms with Gasteiger partial charge in [0, 0.05) is 39.2 Å². The molecule has 0 radical (unpaired) electrons. The molecular weight excluding hydrogens is 521 g/mol. The topological polar surface area (TPSA) is 146 Å². The summed E-state index contributed by atoms with van der Waals surface area (Å²) in [4.78, 5) is 59.8. The number of carbonyl (C=O) groups excluding carboxylic acids is 1. The molecule has 5 rings (SSSR count). The number of amides is 1. The number of aryl methyl sites for hydroxylation is 1. The lowest BCUT2D eigenvalue weighted by molar-refractivity contribution is -0.146. The molecule has 4 aromatic heterocycles. The Bertz CT molecular complexity index is 1680. The molecule has 1 fully saturated rings. The van der Waals surface area contributed by atoms with Crippen LogP contribution >= 0.6 is 0 Å². The van der Waals surface area contributed by atoms with E-state index in [1.54, 1.807) is 6.92 Å². The highest BCUT2D eigenvalue weighted by Crippen LogP contribution is 2.34. The normalized spacial score (nSPS) is 16.6. The highest BCUT2D eigenvalue weighted by molar-refractivity contribution is 5.93. The lowest BCUT2D eigenvalue weighted by Crippen LogP contribution is -2.42. The van der Waals surface area contributed by atoms with Crippen LogP contribution in [0.4, 0.5) is 24.9 Å². The van der Waals surface area contributed by atoms with Crippen LogP contribution < -0.4 is 21.5 Å². The maximum atomic E-state index is 13.3. The number of halogens is 3. The van der Waals surface area contributed by atoms with Gasteiger partial charge in [0.25, 0.3) is 5.56 Å². The molecule has 1 aliphatic heterocycles. The average molecular weight is 544 g/mol. The van der Waals surface area contributed by atoms with E-state index in [1.807, 2.05) is 0 Å². The molecule has 0 bridgehead atoms. The van der Waals surface area contributed by atoms with Gasteiger partial charge in [-0.2, -0.15) is 13.2 Å². The van der Waals surface area contributed by atoms with Crippen LogP contribution in [0.5, 0.6) is 0 Å². The standard InChI is InChI=1S/C23H23F3N10O3/c1-12(36-11-30-18-16(36)20(38)34(3)22(39)33(18)2)19(37)32-15-6-7-27-17(31-15)13-9-28-21(29-10-13)35-8-4-5-14(35)23(24,25)26/h6-7,9-12,14H,4-5,8H2,1-3H3,(H,27,31,32,37)/t12-,14+/m0/s1. The fourth-order valence-corrected chi connectivity index (χ4v) is 4.51. The Labute approximate surface area is 218 Å². The zero-order chi connectivity index (χ0) is 28.1. The summed E-state index contributed by atoms with van der Waals surface area (Å²) in [5.74, 6) is -0.262. The Balaban J connectivity index is 1.35. The van der Waals surface area contributed by atoms with Gasteiger partial charge in [0.1, 0.15) is 17.9 Å². The van der Waals surface area contributed by atoms with E-state index in [0.717, 1.165) is 9.47 Å². The minimum Gasteiger partial charge on any atom is -0.329 e. The van der Waals surface area contributed by atoms with Crippen molar-refractivity contribution < 1.29 is 18.0 Å². The molecule has 1 N–H and O–H groups in total. The fourth-order valence-electron chi connectivity index (χ4n) is 4.51. The molecule has 1 aliphatic rings. The van der Waals surface area contributed by atoms with Crippen molar-refractivity contribution in [2.75, 3.05) is 16.8 Å². The molecule has 0 aromatic carbocycles. The summed E-state index contributed by atoms with van der Waals surface area (Å²) in [6, 6.07) is -1.07. The van der Waals surface area contributed by atoms with E-state index in [2.05, 4.69) is 30.2 Å². The van der Waals surface area contributed by atoms with Gasteiger partial charge in [-0.1, -0.05) is 0 Å². The predicted molar refractivity (Wildman–Crippen MR) is 133 cm³/mol. The van der Waals surface area contributed by atoms with Crippen LogP contribution in [-0.4, -0.2) is 63.3 Å². The summed E-state index contributed by atoms with van der Waals surface area (Å²) < 4.78 is 43.4. The van der Waals surface area contributed by atoms with Crippen molar-refractivity contribution in [3.63, 3.8) is 0 Å². The Morgan fingerprint density at radius 1 is 1.10 bits per heavy atom. The van der Waals surface area contributed by atoms with Crippen molar-refractivity contribution in [3.05, 3.63) is 51.8 Å². The zero-order valence-electron chi connectivity index (χ0n) is 21.0. The second-order valence-electron chi connectivity index (χ2n) is 9.13. The van der Waals surface area contributed by atoms with E-state index < -0.39 is 35.4 Å². The molecule has 2 atom stereocenters. The number of hydrogen-bond donors (Lipinski definition) is 1. The van der Waals surface area contributed by atoms with Crippen LogP contribution in [0.1, 0.15) is 25.8 Å². The molecule has 5 heterocycles. The van der Waals surface area contributed by atoms with E-state index in [1.165, 1.54) is 54.2 Å². The van der Waals surface area contributed by atoms with Crippen molar-refractivity contribution in [1.82, 2.24) is 38.6 Å². The van der Waals surface area contributed by atoms with Gasteiger partial charge in [0.15, 0.2) is 17.0 Å². The number of carbonyl (C=O) groups is 1. The van der Waals surface area contributed by atoms with Crippen molar-refractivity contribution in [1.29, 1.82) is 0 Å². The minimum atomic E-state index is -4.38. The van der Waals surface area contributed by atoms with E-state index in [9.17, 15) is 27.6 Å². The van der Waals surface area contributed by atoms with Gasteiger partial charge in [0.05, 0.1) is 11.9 Å². The first kappa shape index (κ1) is 26.0. The SMILES string of the molecule is C[C@@H](C(=O)Nc1ccnc(-c2cnc(N3CCC[C@@H]3C(F)(F)F)nc2)n1)n1cnc2c1c(=O)n(C)c(=O)n2C. The molecule has 204 valence electrons. The lowest BCUT2D eigenvalue weighted by atomic mass is 10.2. The Hall–Kier alpha value is -4.63. The summed E-state index contributed by atoms with van der Waals surface area (Å²) >= 11 is 0. The maximum absolute atomic E-state index is 13.3. The van der Waals surface area contributed by atoms with Crippen molar-refractivity contribution in [2.45, 2.75) is 38.0 Å². The molecule has 0 saturated carbocycles. The first-order valence-electron chi connectivity index (χ1n) is 11.9. The first-order valence-corrected chi connectivity index (χ1v) is 11.9. The molecular formula is C23H23F3N10O3. The second kappa shape index (κ2) is 9.59. The van der Waals surface area contributed by atoms with Crippen molar-refractivity contribution in [3.8, 4) is 11.4 Å². The molecule has 0 unspecified atom stereocenters. The highest BCUT2D eigenvalue weighted by Gasteiger charge is 2.46. The summed E-state index contributed by atoms with van der Waals surface area (Å²) in [6.07, 6.45) is 1.36. The number of nitrogens with one attached hydrogen (secondary N) is 1. The van der Waals surface area contributed by atoms with Gasteiger partial charge in [-0.25, -0.2) is 29.7 Å². The number of aromatic nitrogens is 8. The smallest absolute Gasteiger partial charge is 0.329 e. The third kappa shape index (κ3) is 4.61. The predicted octanol–water partition coefficient (Wildman–Crippen LogP) is 1.41. The van der Waals surface area contributed by atoms with Crippen LogP contribution in [0.25, 0.3) is 22.6 Å². The van der Waals surface area contributed by atoms with Crippen LogP contribution in [0, 0.1) is 0 Å². The average Bonchev–Trinajstić information content (AvgIpc) is 3.59. The van der Waals surface area contributed by atoms with E-state index in [4.69, 9.17) is 0 Å². The second-order valence-corrected chi connectivity index (χ2v) is 9.13. The van der Waals surface area contributed by atoms with Gasteiger partial charge in [-0.15, -0.1) is 0 Å². The van der Waals surface area contributed by atoms with E-state index >= 15 is 0 Å². The number of hydrogen-bond acceptors (Lipinski definition) is 9. The van der Waals surface area contributed by atoms with Crippen LogP contribution in [-0.2, 0) is 18.9 Å². The molecule has 0 spiro atoms. The molecule has 0 aliphatic carbocycles. The molecule has 16 heteroatoms. The third-order valence-corrected chi connectivity index (χ3v) is 6.66. The number of fused-ring (bicyclic) bond motifs is 1. The van der Waals surface area contributed by atoms with Gasteiger partial charge in [0.2, 0.25) is 11.9 Å². The number of rotatable bonds is 5. The first-order chi connectivity index (χ1) is 18.5. The quantitative estimate of drug-likeness (QED) is 0.394. The van der Waals surface area contributed by atoms with Crippen LogP contribution in [0.2, 0.25) is 0 Å². The van der Waals surface area contributed by atoms with Crippen molar-refractivity contribution >= 4 is 28.8 Å². The number of imidazole rings is 1. The Morgan fingerprint density at radius 2 is 1.82 bits per heavy atom. The number of anilines is 2. The zero-order valence-corrected chi connectivity index (χ0v) is 21.0.